The first kappa shape index (κ1) is 15.9. The van der Waals surface area contributed by atoms with Crippen LogP contribution >= 0.6 is 0 Å². The van der Waals surface area contributed by atoms with E-state index in [4.69, 9.17) is 0 Å². The van der Waals surface area contributed by atoms with Gasteiger partial charge in [0.2, 0.25) is 0 Å². The van der Waals surface area contributed by atoms with Crippen molar-refractivity contribution in [2.75, 3.05) is 46.9 Å². The molecule has 18 heavy (non-hydrogen) atoms. The molecule has 1 unspecified atom stereocenters. The number of hydrogen-bond acceptors (Lipinski definition) is 3. The van der Waals surface area contributed by atoms with Crippen molar-refractivity contribution < 1.29 is 5.11 Å². The van der Waals surface area contributed by atoms with E-state index in [1.165, 1.54) is 38.9 Å². The van der Waals surface area contributed by atoms with Crippen LogP contribution < -0.4 is 0 Å². The fourth-order valence-corrected chi connectivity index (χ4v) is 2.72. The summed E-state index contributed by atoms with van der Waals surface area (Å²) in [5.74, 6) is 1.91. The summed E-state index contributed by atoms with van der Waals surface area (Å²) in [6.07, 6.45) is 4.04. The van der Waals surface area contributed by atoms with Crippen molar-refractivity contribution in [2.24, 2.45) is 17.8 Å². The van der Waals surface area contributed by atoms with Crippen molar-refractivity contribution in [2.45, 2.75) is 33.1 Å². The maximum atomic E-state index is 9.36. The molecule has 1 atom stereocenters. The SMILES string of the molecule is CC(C)C(CO)CN(C)CCC1CCN(C)CC1. The summed E-state index contributed by atoms with van der Waals surface area (Å²) in [5.41, 5.74) is 0. The highest BCUT2D eigenvalue weighted by molar-refractivity contribution is 4.72. The lowest BCUT2D eigenvalue weighted by Crippen LogP contribution is -2.34. The molecule has 1 fully saturated rings. The Balaban J connectivity index is 2.18. The van der Waals surface area contributed by atoms with E-state index in [1.807, 2.05) is 0 Å². The van der Waals surface area contributed by atoms with Crippen LogP contribution in [0.3, 0.4) is 0 Å². The van der Waals surface area contributed by atoms with Gasteiger partial charge in [-0.25, -0.2) is 0 Å². The molecule has 0 aromatic heterocycles. The Kier molecular flexibility index (Phi) is 7.20. The van der Waals surface area contributed by atoms with E-state index < -0.39 is 0 Å². The smallest absolute Gasteiger partial charge is 0.0473 e. The highest BCUT2D eigenvalue weighted by Gasteiger charge is 2.18. The molecule has 1 saturated heterocycles. The predicted octanol–water partition coefficient (Wildman–Crippen LogP) is 1.91. The van der Waals surface area contributed by atoms with E-state index in [2.05, 4.69) is 37.7 Å². The van der Waals surface area contributed by atoms with Crippen LogP contribution in [-0.4, -0.2) is 61.8 Å². The monoisotopic (exact) mass is 256 g/mol. The summed E-state index contributed by atoms with van der Waals surface area (Å²) in [4.78, 5) is 4.83. The van der Waals surface area contributed by atoms with Crippen molar-refractivity contribution in [1.82, 2.24) is 9.80 Å². The van der Waals surface area contributed by atoms with E-state index in [-0.39, 0.29) is 0 Å². The third-order valence-electron chi connectivity index (χ3n) is 4.48. The van der Waals surface area contributed by atoms with E-state index >= 15 is 0 Å². The van der Waals surface area contributed by atoms with Gasteiger partial charge in [0, 0.05) is 13.2 Å². The van der Waals surface area contributed by atoms with Gasteiger partial charge in [0.25, 0.3) is 0 Å². The Morgan fingerprint density at radius 3 is 2.39 bits per heavy atom. The lowest BCUT2D eigenvalue weighted by Gasteiger charge is -2.31. The molecule has 1 heterocycles. The molecule has 0 aliphatic carbocycles. The lowest BCUT2D eigenvalue weighted by molar-refractivity contribution is 0.137. The minimum Gasteiger partial charge on any atom is -0.396 e. The second-order valence-corrected chi connectivity index (χ2v) is 6.48. The van der Waals surface area contributed by atoms with Gasteiger partial charge in [-0.15, -0.1) is 0 Å². The molecule has 0 saturated carbocycles. The summed E-state index contributed by atoms with van der Waals surface area (Å²) in [5, 5.41) is 9.36. The van der Waals surface area contributed by atoms with E-state index in [9.17, 15) is 5.11 Å². The third kappa shape index (κ3) is 5.68. The van der Waals surface area contributed by atoms with Crippen molar-refractivity contribution >= 4 is 0 Å². The van der Waals surface area contributed by atoms with E-state index in [0.29, 0.717) is 18.4 Å². The first-order valence-corrected chi connectivity index (χ1v) is 7.50. The molecule has 108 valence electrons. The first-order chi connectivity index (χ1) is 8.52. The molecule has 1 aliphatic heterocycles. The standard InChI is InChI=1S/C15H32N2O/c1-13(2)15(12-18)11-17(4)10-7-14-5-8-16(3)9-6-14/h13-15,18H,5-12H2,1-4H3. The van der Waals surface area contributed by atoms with Crippen LogP contribution in [-0.2, 0) is 0 Å². The minimum absolute atomic E-state index is 0.316. The van der Waals surface area contributed by atoms with Crippen LogP contribution in [0.5, 0.6) is 0 Å². The summed E-state index contributed by atoms with van der Waals surface area (Å²) < 4.78 is 0. The molecule has 3 nitrogen and oxygen atoms in total. The zero-order chi connectivity index (χ0) is 13.5. The summed E-state index contributed by atoms with van der Waals surface area (Å²) in [6, 6.07) is 0. The molecule has 1 rings (SSSR count). The lowest BCUT2D eigenvalue weighted by atomic mass is 9.93. The number of piperidine rings is 1. The van der Waals surface area contributed by atoms with Crippen molar-refractivity contribution in [3.05, 3.63) is 0 Å². The number of nitrogens with zero attached hydrogens (tertiary/aromatic N) is 2. The van der Waals surface area contributed by atoms with Gasteiger partial charge in [0.15, 0.2) is 0 Å². The number of hydrogen-bond donors (Lipinski definition) is 1. The Morgan fingerprint density at radius 1 is 1.28 bits per heavy atom. The Hall–Kier alpha value is -0.120. The molecule has 0 aromatic carbocycles. The van der Waals surface area contributed by atoms with E-state index in [0.717, 1.165) is 12.5 Å². The van der Waals surface area contributed by atoms with Crippen LogP contribution in [0.15, 0.2) is 0 Å². The highest BCUT2D eigenvalue weighted by atomic mass is 16.3. The topological polar surface area (TPSA) is 26.7 Å². The normalized spacial score (nSPS) is 20.8. The Labute approximate surface area is 113 Å². The fraction of sp³-hybridized carbons (Fsp3) is 1.00. The number of likely N-dealkylation sites (tertiary alicyclic amines) is 1. The molecule has 0 spiro atoms. The molecule has 0 bridgehead atoms. The van der Waals surface area contributed by atoms with Gasteiger partial charge in [-0.2, -0.15) is 0 Å². The number of aliphatic hydroxyl groups excluding tert-OH is 1. The maximum absolute atomic E-state index is 9.36. The highest BCUT2D eigenvalue weighted by Crippen LogP contribution is 2.20. The summed E-state index contributed by atoms with van der Waals surface area (Å²) in [6.45, 7) is 9.45. The van der Waals surface area contributed by atoms with Crippen LogP contribution in [0.1, 0.15) is 33.1 Å². The zero-order valence-corrected chi connectivity index (χ0v) is 12.7. The van der Waals surface area contributed by atoms with Crippen LogP contribution in [0, 0.1) is 17.8 Å². The van der Waals surface area contributed by atoms with Crippen molar-refractivity contribution in [1.29, 1.82) is 0 Å². The zero-order valence-electron chi connectivity index (χ0n) is 12.7. The molecular weight excluding hydrogens is 224 g/mol. The Morgan fingerprint density at radius 2 is 1.89 bits per heavy atom. The maximum Gasteiger partial charge on any atom is 0.0473 e. The van der Waals surface area contributed by atoms with Gasteiger partial charge in [-0.1, -0.05) is 13.8 Å². The fourth-order valence-electron chi connectivity index (χ4n) is 2.72. The van der Waals surface area contributed by atoms with Crippen molar-refractivity contribution in [3.8, 4) is 0 Å². The molecule has 0 amide bonds. The first-order valence-electron chi connectivity index (χ1n) is 7.50. The van der Waals surface area contributed by atoms with Crippen LogP contribution in [0.4, 0.5) is 0 Å². The van der Waals surface area contributed by atoms with Crippen LogP contribution in [0.2, 0.25) is 0 Å². The minimum atomic E-state index is 0.316. The van der Waals surface area contributed by atoms with E-state index in [1.54, 1.807) is 0 Å². The second kappa shape index (κ2) is 8.13. The third-order valence-corrected chi connectivity index (χ3v) is 4.48. The molecule has 1 N–H and O–H groups in total. The summed E-state index contributed by atoms with van der Waals surface area (Å²) in [7, 11) is 4.41. The second-order valence-electron chi connectivity index (χ2n) is 6.48. The number of aliphatic hydroxyl groups is 1. The van der Waals surface area contributed by atoms with Crippen LogP contribution in [0.25, 0.3) is 0 Å². The van der Waals surface area contributed by atoms with Gasteiger partial charge >= 0.3 is 0 Å². The molecule has 0 aromatic rings. The van der Waals surface area contributed by atoms with Gasteiger partial charge < -0.3 is 14.9 Å². The van der Waals surface area contributed by atoms with Gasteiger partial charge in [-0.05, 0) is 70.7 Å². The van der Waals surface area contributed by atoms with Gasteiger partial charge in [-0.3, -0.25) is 0 Å². The molecule has 1 aliphatic rings. The van der Waals surface area contributed by atoms with Gasteiger partial charge in [0.05, 0.1) is 0 Å². The molecule has 0 radical (unpaired) electrons. The van der Waals surface area contributed by atoms with Crippen molar-refractivity contribution in [3.63, 3.8) is 0 Å². The number of rotatable bonds is 7. The molecule has 3 heteroatoms. The Bertz CT molecular complexity index is 213. The largest absolute Gasteiger partial charge is 0.396 e. The average molecular weight is 256 g/mol. The molecular formula is C15H32N2O. The predicted molar refractivity (Wildman–Crippen MR) is 77.7 cm³/mol. The summed E-state index contributed by atoms with van der Waals surface area (Å²) >= 11 is 0. The van der Waals surface area contributed by atoms with Gasteiger partial charge in [0.1, 0.15) is 0 Å². The average Bonchev–Trinajstić information content (AvgIpc) is 2.35. The quantitative estimate of drug-likeness (QED) is 0.754.